The van der Waals surface area contributed by atoms with Crippen LogP contribution in [0.4, 0.5) is 0 Å². The summed E-state index contributed by atoms with van der Waals surface area (Å²) in [6, 6.07) is 19.5. The summed E-state index contributed by atoms with van der Waals surface area (Å²) >= 11 is 0. The van der Waals surface area contributed by atoms with Crippen LogP contribution in [-0.2, 0) is 17.8 Å². The van der Waals surface area contributed by atoms with Crippen LogP contribution in [0.3, 0.4) is 0 Å². The molecule has 5 unspecified atom stereocenters. The number of ether oxygens (including phenoxy) is 1. The van der Waals surface area contributed by atoms with Crippen molar-refractivity contribution < 1.29 is 9.84 Å². The minimum atomic E-state index is 0.239. The zero-order valence-corrected chi connectivity index (χ0v) is 23.6. The minimum absolute atomic E-state index is 0.239. The molecule has 4 heterocycles. The first-order valence-corrected chi connectivity index (χ1v) is 15.1. The summed E-state index contributed by atoms with van der Waals surface area (Å²) in [7, 11) is 1.88. The minimum Gasteiger partial charge on any atom is -0.395 e. The normalized spacial score (nSPS) is 31.4. The Kier molecular flexibility index (Phi) is 7.21. The number of pyridine rings is 2. The van der Waals surface area contributed by atoms with Crippen LogP contribution in [-0.4, -0.2) is 70.4 Å². The Morgan fingerprint density at radius 1 is 0.875 bits per heavy atom. The third kappa shape index (κ3) is 4.79. The van der Waals surface area contributed by atoms with Crippen molar-refractivity contribution in [1.82, 2.24) is 19.8 Å². The maximum atomic E-state index is 10.7. The first-order valence-electron chi connectivity index (χ1n) is 15.1. The maximum Gasteiger partial charge on any atom is 0.0701 e. The molecular formula is C34H42N4O2. The van der Waals surface area contributed by atoms with Crippen LogP contribution in [0.15, 0.2) is 73.2 Å². The van der Waals surface area contributed by atoms with Crippen molar-refractivity contribution in [1.29, 1.82) is 0 Å². The van der Waals surface area contributed by atoms with Gasteiger partial charge in [-0.2, -0.15) is 0 Å². The third-order valence-electron chi connectivity index (χ3n) is 10.7. The van der Waals surface area contributed by atoms with Gasteiger partial charge in [-0.15, -0.1) is 0 Å². The Labute approximate surface area is 238 Å². The van der Waals surface area contributed by atoms with Gasteiger partial charge < -0.3 is 9.84 Å². The number of hydrogen-bond acceptors (Lipinski definition) is 6. The number of aliphatic hydroxyl groups is 1. The molecule has 1 N–H and O–H groups in total. The third-order valence-corrected chi connectivity index (χ3v) is 10.7. The average molecular weight is 539 g/mol. The molecule has 2 saturated heterocycles. The molecule has 40 heavy (non-hydrogen) atoms. The lowest BCUT2D eigenvalue weighted by Crippen LogP contribution is -2.70. The summed E-state index contributed by atoms with van der Waals surface area (Å²) in [5, 5.41) is 10.7. The van der Waals surface area contributed by atoms with Crippen molar-refractivity contribution in [3.05, 3.63) is 84.3 Å². The highest BCUT2D eigenvalue weighted by Crippen LogP contribution is 2.62. The highest BCUT2D eigenvalue weighted by Gasteiger charge is 2.63. The van der Waals surface area contributed by atoms with Gasteiger partial charge in [0.25, 0.3) is 0 Å². The lowest BCUT2D eigenvalue weighted by Gasteiger charge is -2.63. The van der Waals surface area contributed by atoms with E-state index in [2.05, 4.69) is 62.2 Å². The van der Waals surface area contributed by atoms with Gasteiger partial charge in [-0.05, 0) is 84.7 Å². The van der Waals surface area contributed by atoms with Gasteiger partial charge in [0, 0.05) is 75.4 Å². The topological polar surface area (TPSA) is 61.7 Å². The zero-order chi connectivity index (χ0) is 27.1. The molecule has 6 atom stereocenters. The molecule has 1 aromatic carbocycles. The number of fused-ring (bicyclic) bond motifs is 4. The standard InChI is InChI=1S/C34H42N4O2/c1-40-28-9-10-29-27(16-28)17-30-32(20-39)38(19-25-11-14-35-15-12-25)23-34(33(29)30)21-37(22-34)18-24-5-7-26(8-6-24)31-4-2-3-13-36-31/h2-8,11-15,27-30,32-33,39H,9-10,16-23H2,1H3/t27?,28?,29?,30?,32-,33?/m0/s1. The number of likely N-dealkylation sites (tertiary alicyclic amines) is 2. The number of hydrogen-bond donors (Lipinski definition) is 1. The summed E-state index contributed by atoms with van der Waals surface area (Å²) in [6.07, 6.45) is 11.0. The van der Waals surface area contributed by atoms with Crippen molar-refractivity contribution in [3.63, 3.8) is 0 Å². The summed E-state index contributed by atoms with van der Waals surface area (Å²) in [5.74, 6) is 2.76. The largest absolute Gasteiger partial charge is 0.395 e. The number of piperidine rings is 1. The Balaban J connectivity index is 1.11. The van der Waals surface area contributed by atoms with E-state index in [1.807, 2.05) is 37.8 Å². The molecule has 3 aromatic rings. The second-order valence-corrected chi connectivity index (χ2v) is 12.9. The first-order chi connectivity index (χ1) is 19.7. The molecule has 7 rings (SSSR count). The Morgan fingerprint density at radius 3 is 2.40 bits per heavy atom. The Hall–Kier alpha value is -2.64. The molecule has 6 heteroatoms. The van der Waals surface area contributed by atoms with Gasteiger partial charge in [0.1, 0.15) is 0 Å². The van der Waals surface area contributed by atoms with Gasteiger partial charge in [0.05, 0.1) is 18.4 Å². The van der Waals surface area contributed by atoms with Crippen LogP contribution in [0.1, 0.15) is 36.8 Å². The smallest absolute Gasteiger partial charge is 0.0701 e. The van der Waals surface area contributed by atoms with E-state index >= 15 is 0 Å². The van der Waals surface area contributed by atoms with E-state index in [4.69, 9.17) is 4.74 Å². The Bertz CT molecular complexity index is 1260. The molecular weight excluding hydrogens is 496 g/mol. The van der Waals surface area contributed by atoms with Gasteiger partial charge >= 0.3 is 0 Å². The summed E-state index contributed by atoms with van der Waals surface area (Å²) in [6.45, 7) is 5.52. The van der Waals surface area contributed by atoms with Crippen molar-refractivity contribution in [3.8, 4) is 11.3 Å². The van der Waals surface area contributed by atoms with Crippen LogP contribution in [0.5, 0.6) is 0 Å². The van der Waals surface area contributed by atoms with Gasteiger partial charge in [-0.25, -0.2) is 0 Å². The fraction of sp³-hybridized carbons (Fsp3) is 0.529. The molecule has 2 aliphatic carbocycles. The number of aliphatic hydroxyl groups excluding tert-OH is 1. The predicted molar refractivity (Wildman–Crippen MR) is 156 cm³/mol. The van der Waals surface area contributed by atoms with Gasteiger partial charge in [0.2, 0.25) is 0 Å². The highest BCUT2D eigenvalue weighted by atomic mass is 16.5. The van der Waals surface area contributed by atoms with Crippen molar-refractivity contribution in [2.24, 2.45) is 29.1 Å². The predicted octanol–water partition coefficient (Wildman–Crippen LogP) is 4.89. The van der Waals surface area contributed by atoms with Crippen molar-refractivity contribution >= 4 is 0 Å². The van der Waals surface area contributed by atoms with E-state index in [9.17, 15) is 5.11 Å². The molecule has 6 nitrogen and oxygen atoms in total. The van der Waals surface area contributed by atoms with Crippen LogP contribution < -0.4 is 0 Å². The van der Waals surface area contributed by atoms with Gasteiger partial charge in [-0.1, -0.05) is 30.3 Å². The summed E-state index contributed by atoms with van der Waals surface area (Å²) < 4.78 is 5.84. The van der Waals surface area contributed by atoms with Crippen LogP contribution in [0.25, 0.3) is 11.3 Å². The van der Waals surface area contributed by atoms with E-state index in [0.29, 0.717) is 23.4 Å². The molecule has 4 aliphatic rings. The lowest BCUT2D eigenvalue weighted by molar-refractivity contribution is -0.157. The number of benzene rings is 1. The van der Waals surface area contributed by atoms with E-state index in [-0.39, 0.29) is 12.6 Å². The fourth-order valence-electron chi connectivity index (χ4n) is 9.20. The first kappa shape index (κ1) is 26.3. The SMILES string of the molecule is COC1CCC2C(C1)CC1C2C2(CN(Cc3ccc(-c4ccccn4)cc3)C2)CN(Cc2ccncc2)[C@H]1CO. The second-order valence-electron chi connectivity index (χ2n) is 12.9. The molecule has 2 saturated carbocycles. The van der Waals surface area contributed by atoms with E-state index in [1.54, 1.807) is 0 Å². The number of rotatable bonds is 7. The molecule has 0 amide bonds. The highest BCUT2D eigenvalue weighted by molar-refractivity contribution is 5.59. The maximum absolute atomic E-state index is 10.7. The number of nitrogens with zero attached hydrogens (tertiary/aromatic N) is 4. The fourth-order valence-corrected chi connectivity index (χ4v) is 9.20. The molecule has 2 aromatic heterocycles. The average Bonchev–Trinajstić information content (AvgIpc) is 3.37. The lowest BCUT2D eigenvalue weighted by atomic mass is 9.57. The van der Waals surface area contributed by atoms with Gasteiger partial charge in [-0.3, -0.25) is 19.8 Å². The molecule has 2 aliphatic heterocycles. The Morgan fingerprint density at radius 2 is 1.68 bits per heavy atom. The molecule has 210 valence electrons. The molecule has 0 radical (unpaired) electrons. The molecule has 4 fully saturated rings. The van der Waals surface area contributed by atoms with E-state index in [0.717, 1.165) is 50.3 Å². The summed E-state index contributed by atoms with van der Waals surface area (Å²) in [5.41, 5.74) is 5.16. The van der Waals surface area contributed by atoms with Crippen molar-refractivity contribution in [2.45, 2.75) is 50.9 Å². The van der Waals surface area contributed by atoms with Crippen LogP contribution in [0.2, 0.25) is 0 Å². The number of methoxy groups -OCH3 is 1. The monoisotopic (exact) mass is 538 g/mol. The van der Waals surface area contributed by atoms with Crippen LogP contribution >= 0.6 is 0 Å². The van der Waals surface area contributed by atoms with E-state index < -0.39 is 0 Å². The number of aromatic nitrogens is 2. The second kappa shape index (κ2) is 11.0. The van der Waals surface area contributed by atoms with Crippen LogP contribution in [0, 0.1) is 29.1 Å². The zero-order valence-electron chi connectivity index (χ0n) is 23.6. The van der Waals surface area contributed by atoms with Gasteiger partial charge in [0.15, 0.2) is 0 Å². The molecule has 1 spiro atoms. The van der Waals surface area contributed by atoms with Crippen molar-refractivity contribution in [2.75, 3.05) is 33.4 Å². The van der Waals surface area contributed by atoms with E-state index in [1.165, 1.54) is 42.4 Å². The summed E-state index contributed by atoms with van der Waals surface area (Å²) in [4.78, 5) is 14.0. The quantitative estimate of drug-likeness (QED) is 0.462. The molecule has 0 bridgehead atoms.